The van der Waals surface area contributed by atoms with Crippen molar-refractivity contribution < 1.29 is 0 Å². The van der Waals surface area contributed by atoms with Gasteiger partial charge in [0.25, 0.3) is 5.56 Å². The van der Waals surface area contributed by atoms with Crippen LogP contribution in [0.1, 0.15) is 5.69 Å². The molecule has 82 valence electrons. The van der Waals surface area contributed by atoms with Crippen molar-refractivity contribution in [1.82, 2.24) is 14.8 Å². The van der Waals surface area contributed by atoms with Crippen molar-refractivity contribution in [2.75, 3.05) is 12.4 Å². The summed E-state index contributed by atoms with van der Waals surface area (Å²) in [5.74, 6) is 0. The minimum absolute atomic E-state index is 0.141. The van der Waals surface area contributed by atoms with Crippen LogP contribution >= 0.6 is 0 Å². The number of rotatable bonds is 3. The Hall–Kier alpha value is -2.17. The van der Waals surface area contributed by atoms with Gasteiger partial charge in [-0.1, -0.05) is 6.07 Å². The van der Waals surface area contributed by atoms with Crippen molar-refractivity contribution in [3.05, 3.63) is 52.7 Å². The van der Waals surface area contributed by atoms with E-state index >= 15 is 0 Å². The van der Waals surface area contributed by atoms with Gasteiger partial charge in [0.2, 0.25) is 0 Å². The molecule has 16 heavy (non-hydrogen) atoms. The molecule has 5 nitrogen and oxygen atoms in total. The first-order valence-corrected chi connectivity index (χ1v) is 4.94. The molecule has 5 heteroatoms. The number of nitrogens with zero attached hydrogens (tertiary/aromatic N) is 3. The van der Waals surface area contributed by atoms with Crippen molar-refractivity contribution in [3.8, 4) is 0 Å². The highest BCUT2D eigenvalue weighted by Gasteiger charge is 2.00. The normalized spacial score (nSPS) is 10.1. The number of aromatic nitrogens is 3. The summed E-state index contributed by atoms with van der Waals surface area (Å²) in [7, 11) is 1.75. The Bertz CT molecular complexity index is 521. The molecule has 0 aliphatic rings. The summed E-state index contributed by atoms with van der Waals surface area (Å²) in [4.78, 5) is 15.8. The third-order valence-electron chi connectivity index (χ3n) is 2.20. The van der Waals surface area contributed by atoms with Crippen LogP contribution in [-0.2, 0) is 6.54 Å². The molecule has 0 amide bonds. The number of pyridine rings is 1. The zero-order valence-corrected chi connectivity index (χ0v) is 8.92. The first-order chi connectivity index (χ1) is 7.79. The maximum Gasteiger partial charge on any atom is 0.269 e. The Morgan fingerprint density at radius 2 is 2.31 bits per heavy atom. The van der Waals surface area contributed by atoms with Crippen molar-refractivity contribution in [1.29, 1.82) is 0 Å². The van der Waals surface area contributed by atoms with E-state index < -0.39 is 0 Å². The van der Waals surface area contributed by atoms with E-state index in [2.05, 4.69) is 15.4 Å². The smallest absolute Gasteiger partial charge is 0.269 e. The van der Waals surface area contributed by atoms with Gasteiger partial charge in [-0.25, -0.2) is 4.68 Å². The van der Waals surface area contributed by atoms with Crippen LogP contribution in [0.5, 0.6) is 0 Å². The zero-order valence-electron chi connectivity index (χ0n) is 8.92. The maximum absolute atomic E-state index is 11.6. The second-order valence-corrected chi connectivity index (χ2v) is 3.31. The number of hydrogen-bond donors (Lipinski definition) is 1. The lowest BCUT2D eigenvalue weighted by atomic mass is 10.3. The molecule has 2 aromatic heterocycles. The molecule has 0 saturated heterocycles. The first-order valence-electron chi connectivity index (χ1n) is 4.94. The monoisotopic (exact) mass is 216 g/mol. The van der Waals surface area contributed by atoms with Gasteiger partial charge >= 0.3 is 0 Å². The molecule has 2 heterocycles. The summed E-state index contributed by atoms with van der Waals surface area (Å²) in [6, 6.07) is 7.09. The van der Waals surface area contributed by atoms with E-state index in [1.54, 1.807) is 19.4 Å². The molecule has 0 aliphatic carbocycles. The molecule has 0 bridgehead atoms. The molecule has 0 fully saturated rings. The Morgan fingerprint density at radius 1 is 1.44 bits per heavy atom. The highest BCUT2D eigenvalue weighted by atomic mass is 16.1. The van der Waals surface area contributed by atoms with Crippen molar-refractivity contribution in [2.45, 2.75) is 6.54 Å². The standard InChI is InChI=1S/C11H12N4O/c1-12-10-6-11(16)15(14-7-10)8-9-4-2-3-5-13-9/h2-7,12H,8H2,1H3. The highest BCUT2D eigenvalue weighted by Crippen LogP contribution is 1.99. The summed E-state index contributed by atoms with van der Waals surface area (Å²) >= 11 is 0. The Kier molecular flexibility index (Phi) is 2.95. The van der Waals surface area contributed by atoms with E-state index in [-0.39, 0.29) is 5.56 Å². The summed E-state index contributed by atoms with van der Waals surface area (Å²) in [5.41, 5.74) is 1.38. The first kappa shape index (κ1) is 10.4. The van der Waals surface area contributed by atoms with E-state index in [0.717, 1.165) is 5.69 Å². The summed E-state index contributed by atoms with van der Waals surface area (Å²) in [6.07, 6.45) is 3.31. The lowest BCUT2D eigenvalue weighted by Crippen LogP contribution is -2.23. The third kappa shape index (κ3) is 2.25. The highest BCUT2D eigenvalue weighted by molar-refractivity contribution is 5.37. The maximum atomic E-state index is 11.6. The topological polar surface area (TPSA) is 59.8 Å². The van der Waals surface area contributed by atoms with Crippen molar-refractivity contribution >= 4 is 5.69 Å². The fraction of sp³-hybridized carbons (Fsp3) is 0.182. The average Bonchev–Trinajstić information content (AvgIpc) is 2.33. The molecule has 1 N–H and O–H groups in total. The van der Waals surface area contributed by atoms with Crippen LogP contribution in [0.4, 0.5) is 5.69 Å². The van der Waals surface area contributed by atoms with Gasteiger partial charge in [-0.05, 0) is 12.1 Å². The van der Waals surface area contributed by atoms with Crippen LogP contribution in [0.2, 0.25) is 0 Å². The molecule has 0 radical (unpaired) electrons. The number of nitrogens with one attached hydrogen (secondary N) is 1. The fourth-order valence-electron chi connectivity index (χ4n) is 1.33. The van der Waals surface area contributed by atoms with Gasteiger partial charge in [-0.2, -0.15) is 5.10 Å². The van der Waals surface area contributed by atoms with E-state index in [4.69, 9.17) is 0 Å². The van der Waals surface area contributed by atoms with Crippen LogP contribution in [0.3, 0.4) is 0 Å². The largest absolute Gasteiger partial charge is 0.387 e. The molecule has 0 atom stereocenters. The predicted molar refractivity (Wildman–Crippen MR) is 61.4 cm³/mol. The predicted octanol–water partition coefficient (Wildman–Crippen LogP) is 0.728. The van der Waals surface area contributed by atoms with E-state index in [0.29, 0.717) is 12.2 Å². The molecule has 0 aromatic carbocycles. The zero-order chi connectivity index (χ0) is 11.4. The van der Waals surface area contributed by atoms with Gasteiger partial charge in [0.15, 0.2) is 0 Å². The second-order valence-electron chi connectivity index (χ2n) is 3.31. The Balaban J connectivity index is 2.26. The Labute approximate surface area is 92.8 Å². The van der Waals surface area contributed by atoms with Crippen LogP contribution in [0.15, 0.2) is 41.5 Å². The van der Waals surface area contributed by atoms with Crippen LogP contribution < -0.4 is 10.9 Å². The quantitative estimate of drug-likeness (QED) is 0.821. The molecule has 2 aromatic rings. The lowest BCUT2D eigenvalue weighted by Gasteiger charge is -2.04. The van der Waals surface area contributed by atoms with Crippen LogP contribution in [0, 0.1) is 0 Å². The minimum Gasteiger partial charge on any atom is -0.387 e. The van der Waals surface area contributed by atoms with Crippen LogP contribution in [0.25, 0.3) is 0 Å². The van der Waals surface area contributed by atoms with Crippen molar-refractivity contribution in [3.63, 3.8) is 0 Å². The molecule has 0 saturated carbocycles. The molecule has 0 spiro atoms. The summed E-state index contributed by atoms with van der Waals surface area (Å²) < 4.78 is 1.38. The molecule has 0 aliphatic heterocycles. The van der Waals surface area contributed by atoms with Crippen LogP contribution in [-0.4, -0.2) is 21.8 Å². The summed E-state index contributed by atoms with van der Waals surface area (Å²) in [6.45, 7) is 0.393. The number of anilines is 1. The van der Waals surface area contributed by atoms with Gasteiger partial charge < -0.3 is 5.32 Å². The molecular weight excluding hydrogens is 204 g/mol. The fourth-order valence-corrected chi connectivity index (χ4v) is 1.33. The summed E-state index contributed by atoms with van der Waals surface area (Å²) in [5, 5.41) is 6.91. The van der Waals surface area contributed by atoms with Gasteiger partial charge in [0, 0.05) is 19.3 Å². The van der Waals surface area contributed by atoms with E-state index in [1.165, 1.54) is 10.7 Å². The SMILES string of the molecule is CNc1cnn(Cc2ccccn2)c(=O)c1. The van der Waals surface area contributed by atoms with Crippen molar-refractivity contribution in [2.24, 2.45) is 0 Å². The molecule has 2 rings (SSSR count). The van der Waals surface area contributed by atoms with E-state index in [1.807, 2.05) is 18.2 Å². The third-order valence-corrected chi connectivity index (χ3v) is 2.20. The number of hydrogen-bond acceptors (Lipinski definition) is 4. The lowest BCUT2D eigenvalue weighted by molar-refractivity contribution is 0.629. The second kappa shape index (κ2) is 4.57. The average molecular weight is 216 g/mol. The van der Waals surface area contributed by atoms with E-state index in [9.17, 15) is 4.79 Å². The minimum atomic E-state index is -0.141. The Morgan fingerprint density at radius 3 is 2.94 bits per heavy atom. The van der Waals surface area contributed by atoms with Gasteiger partial charge in [-0.15, -0.1) is 0 Å². The molecular formula is C11H12N4O. The molecule has 0 unspecified atom stereocenters. The van der Waals surface area contributed by atoms with Gasteiger partial charge in [0.1, 0.15) is 0 Å². The van der Waals surface area contributed by atoms with Gasteiger partial charge in [0.05, 0.1) is 24.1 Å². The van der Waals surface area contributed by atoms with Gasteiger partial charge in [-0.3, -0.25) is 9.78 Å².